The predicted molar refractivity (Wildman–Crippen MR) is 70.1 cm³/mol. The number of aliphatic hydroxyl groups excluding tert-OH is 1. The van der Waals surface area contributed by atoms with Crippen molar-refractivity contribution in [3.63, 3.8) is 0 Å². The molecule has 1 aliphatic carbocycles. The van der Waals surface area contributed by atoms with E-state index in [-0.39, 0.29) is 17.9 Å². The average Bonchev–Trinajstić information content (AvgIpc) is 2.79. The maximum atomic E-state index is 10.9. The summed E-state index contributed by atoms with van der Waals surface area (Å²) in [5.74, 6) is -0.440. The van der Waals surface area contributed by atoms with Crippen molar-refractivity contribution in [3.05, 3.63) is 23.2 Å². The van der Waals surface area contributed by atoms with Crippen molar-refractivity contribution in [1.29, 1.82) is 0 Å². The Bertz CT molecular complexity index is 446. The maximum Gasteiger partial charge on any atom is 0.372 e. The Morgan fingerprint density at radius 2 is 2.11 bits per heavy atom. The molecule has 1 aliphatic rings. The highest BCUT2D eigenvalue weighted by Crippen LogP contribution is 2.28. The van der Waals surface area contributed by atoms with E-state index >= 15 is 0 Å². The first-order valence-electron chi connectivity index (χ1n) is 6.75. The van der Waals surface area contributed by atoms with E-state index in [0.29, 0.717) is 17.9 Å². The molecule has 0 unspecified atom stereocenters. The minimum Gasteiger partial charge on any atom is -0.475 e. The zero-order valence-electron chi connectivity index (χ0n) is 11.2. The fourth-order valence-corrected chi connectivity index (χ4v) is 2.74. The minimum atomic E-state index is -1.04. The Labute approximate surface area is 112 Å². The SMILES string of the molecule is Cc1cc(CNC2(CO)CCCCC2)oc1C(=O)O. The van der Waals surface area contributed by atoms with Gasteiger partial charge in [0.05, 0.1) is 13.2 Å². The molecule has 3 N–H and O–H groups in total. The summed E-state index contributed by atoms with van der Waals surface area (Å²) in [4.78, 5) is 10.9. The number of aliphatic hydroxyl groups is 1. The Morgan fingerprint density at radius 3 is 2.63 bits per heavy atom. The molecule has 1 fully saturated rings. The van der Waals surface area contributed by atoms with E-state index < -0.39 is 5.97 Å². The third kappa shape index (κ3) is 3.16. The number of carboxylic acid groups (broad SMARTS) is 1. The predicted octanol–water partition coefficient (Wildman–Crippen LogP) is 2.07. The summed E-state index contributed by atoms with van der Waals surface area (Å²) < 4.78 is 5.31. The van der Waals surface area contributed by atoms with Gasteiger partial charge in [-0.3, -0.25) is 0 Å². The van der Waals surface area contributed by atoms with Crippen LogP contribution in [-0.4, -0.2) is 28.3 Å². The first-order valence-corrected chi connectivity index (χ1v) is 6.75. The number of rotatable bonds is 5. The standard InChI is InChI=1S/C14H21NO4/c1-10-7-11(19-12(10)13(17)18)8-15-14(9-16)5-3-2-4-6-14/h7,15-16H,2-6,8-9H2,1H3,(H,17,18). The lowest BCUT2D eigenvalue weighted by molar-refractivity contribution is 0.0657. The topological polar surface area (TPSA) is 82.7 Å². The molecule has 106 valence electrons. The summed E-state index contributed by atoms with van der Waals surface area (Å²) in [5.41, 5.74) is 0.397. The molecular formula is C14H21NO4. The van der Waals surface area contributed by atoms with Gasteiger partial charge in [0.1, 0.15) is 5.76 Å². The van der Waals surface area contributed by atoms with Crippen molar-refractivity contribution in [2.75, 3.05) is 6.61 Å². The van der Waals surface area contributed by atoms with Gasteiger partial charge >= 0.3 is 5.97 Å². The van der Waals surface area contributed by atoms with Crippen LogP contribution in [0.3, 0.4) is 0 Å². The highest BCUT2D eigenvalue weighted by atomic mass is 16.4. The van der Waals surface area contributed by atoms with Crippen molar-refractivity contribution in [3.8, 4) is 0 Å². The third-order valence-corrected chi connectivity index (χ3v) is 3.91. The van der Waals surface area contributed by atoms with Crippen LogP contribution in [0.1, 0.15) is 54.0 Å². The molecule has 2 rings (SSSR count). The van der Waals surface area contributed by atoms with E-state index in [1.807, 2.05) is 0 Å². The van der Waals surface area contributed by atoms with E-state index in [2.05, 4.69) is 5.32 Å². The molecule has 19 heavy (non-hydrogen) atoms. The Balaban J connectivity index is 2.01. The number of furan rings is 1. The summed E-state index contributed by atoms with van der Waals surface area (Å²) in [6.07, 6.45) is 5.35. The fourth-order valence-electron chi connectivity index (χ4n) is 2.74. The van der Waals surface area contributed by atoms with Crippen LogP contribution in [0.4, 0.5) is 0 Å². The van der Waals surface area contributed by atoms with Crippen molar-refractivity contribution in [2.24, 2.45) is 0 Å². The van der Waals surface area contributed by atoms with Gasteiger partial charge in [-0.25, -0.2) is 4.79 Å². The molecular weight excluding hydrogens is 246 g/mol. The molecule has 0 saturated heterocycles. The number of nitrogens with one attached hydrogen (secondary N) is 1. The lowest BCUT2D eigenvalue weighted by atomic mass is 9.82. The van der Waals surface area contributed by atoms with Gasteiger partial charge in [-0.15, -0.1) is 0 Å². The summed E-state index contributed by atoms with van der Waals surface area (Å²) in [6, 6.07) is 1.74. The molecule has 1 aromatic rings. The quantitative estimate of drug-likeness (QED) is 0.760. The molecule has 0 aromatic carbocycles. The van der Waals surface area contributed by atoms with Crippen LogP contribution in [-0.2, 0) is 6.54 Å². The normalized spacial score (nSPS) is 18.4. The van der Waals surface area contributed by atoms with Crippen LogP contribution in [0.15, 0.2) is 10.5 Å². The van der Waals surface area contributed by atoms with Crippen molar-refractivity contribution in [2.45, 2.75) is 51.1 Å². The van der Waals surface area contributed by atoms with Gasteiger partial charge in [0, 0.05) is 11.1 Å². The lowest BCUT2D eigenvalue weighted by Gasteiger charge is -2.36. The Morgan fingerprint density at radius 1 is 1.42 bits per heavy atom. The lowest BCUT2D eigenvalue weighted by Crippen LogP contribution is -2.49. The van der Waals surface area contributed by atoms with Gasteiger partial charge in [0.2, 0.25) is 5.76 Å². The molecule has 0 aliphatic heterocycles. The van der Waals surface area contributed by atoms with Crippen molar-refractivity contribution in [1.82, 2.24) is 5.32 Å². The van der Waals surface area contributed by atoms with Crippen molar-refractivity contribution < 1.29 is 19.4 Å². The zero-order chi connectivity index (χ0) is 13.9. The van der Waals surface area contributed by atoms with Crippen LogP contribution >= 0.6 is 0 Å². The molecule has 1 aromatic heterocycles. The second-order valence-corrected chi connectivity index (χ2v) is 5.38. The number of carboxylic acids is 1. The largest absolute Gasteiger partial charge is 0.475 e. The molecule has 1 saturated carbocycles. The van der Waals surface area contributed by atoms with Crippen LogP contribution in [0, 0.1) is 6.92 Å². The average molecular weight is 267 g/mol. The van der Waals surface area contributed by atoms with E-state index in [1.54, 1.807) is 13.0 Å². The van der Waals surface area contributed by atoms with Crippen LogP contribution in [0.2, 0.25) is 0 Å². The third-order valence-electron chi connectivity index (χ3n) is 3.91. The summed E-state index contributed by atoms with van der Waals surface area (Å²) >= 11 is 0. The molecule has 0 spiro atoms. The first-order chi connectivity index (χ1) is 9.06. The molecule has 0 radical (unpaired) electrons. The van der Waals surface area contributed by atoms with Gasteiger partial charge in [-0.2, -0.15) is 0 Å². The Kier molecular flexibility index (Phi) is 4.27. The van der Waals surface area contributed by atoms with Crippen LogP contribution in [0.5, 0.6) is 0 Å². The van der Waals surface area contributed by atoms with Crippen LogP contribution < -0.4 is 5.32 Å². The van der Waals surface area contributed by atoms with Gasteiger partial charge in [-0.1, -0.05) is 19.3 Å². The number of hydrogen-bond donors (Lipinski definition) is 3. The molecule has 0 amide bonds. The highest BCUT2D eigenvalue weighted by Gasteiger charge is 2.31. The second kappa shape index (κ2) is 5.75. The minimum absolute atomic E-state index is 0.00140. The number of aromatic carboxylic acids is 1. The van der Waals surface area contributed by atoms with Gasteiger partial charge in [-0.05, 0) is 25.8 Å². The van der Waals surface area contributed by atoms with Crippen LogP contribution in [0.25, 0.3) is 0 Å². The monoisotopic (exact) mass is 267 g/mol. The second-order valence-electron chi connectivity index (χ2n) is 5.38. The van der Waals surface area contributed by atoms with Gasteiger partial charge < -0.3 is 19.9 Å². The smallest absolute Gasteiger partial charge is 0.372 e. The molecule has 0 bridgehead atoms. The molecule has 5 heteroatoms. The summed E-state index contributed by atoms with van der Waals surface area (Å²) in [7, 11) is 0. The Hall–Kier alpha value is -1.33. The number of carbonyl (C=O) groups is 1. The molecule has 1 heterocycles. The van der Waals surface area contributed by atoms with E-state index in [1.165, 1.54) is 6.42 Å². The molecule has 0 atom stereocenters. The van der Waals surface area contributed by atoms with E-state index in [9.17, 15) is 9.90 Å². The first kappa shape index (κ1) is 14.1. The maximum absolute atomic E-state index is 10.9. The number of hydrogen-bond acceptors (Lipinski definition) is 4. The van der Waals surface area contributed by atoms with Gasteiger partial charge in [0.25, 0.3) is 0 Å². The summed E-state index contributed by atoms with van der Waals surface area (Å²) in [6.45, 7) is 2.28. The molecule has 5 nitrogen and oxygen atoms in total. The van der Waals surface area contributed by atoms with E-state index in [0.717, 1.165) is 25.7 Å². The summed E-state index contributed by atoms with van der Waals surface area (Å²) in [5, 5.41) is 21.9. The van der Waals surface area contributed by atoms with Crippen molar-refractivity contribution >= 4 is 5.97 Å². The fraction of sp³-hybridized carbons (Fsp3) is 0.643. The van der Waals surface area contributed by atoms with E-state index in [4.69, 9.17) is 9.52 Å². The van der Waals surface area contributed by atoms with Gasteiger partial charge in [0.15, 0.2) is 0 Å². The zero-order valence-corrected chi connectivity index (χ0v) is 11.2. The number of aryl methyl sites for hydroxylation is 1. The highest BCUT2D eigenvalue weighted by molar-refractivity contribution is 5.86.